The highest BCUT2D eigenvalue weighted by molar-refractivity contribution is 7.15. The lowest BCUT2D eigenvalue weighted by Gasteiger charge is -2.09. The highest BCUT2D eigenvalue weighted by Crippen LogP contribution is 2.35. The average molecular weight is 479 g/mol. The van der Waals surface area contributed by atoms with E-state index in [-0.39, 0.29) is 10.6 Å². The van der Waals surface area contributed by atoms with Gasteiger partial charge in [0.25, 0.3) is 0 Å². The minimum Gasteiger partial charge on any atom is -0.298 e. The standard InChI is InChI=1S/C24H22ClF3N2OS/c1-2-3-4-16-5-7-17(8-6-16)13-19-15-29-23(32-19)30-22(31)12-10-18-9-11-21(25)20(14-18)24(26,27)28/h5-12,14-15H,2-4,13H2,1H3,(H,29,30,31)/b12-10+. The molecule has 8 heteroatoms. The van der Waals surface area contributed by atoms with Gasteiger partial charge in [-0.2, -0.15) is 13.2 Å². The quantitative estimate of drug-likeness (QED) is 0.343. The second kappa shape index (κ2) is 10.8. The second-order valence-electron chi connectivity index (χ2n) is 7.29. The Morgan fingerprint density at radius 2 is 1.88 bits per heavy atom. The number of aromatic nitrogens is 1. The van der Waals surface area contributed by atoms with Crippen molar-refractivity contribution < 1.29 is 18.0 Å². The molecule has 0 bridgehead atoms. The van der Waals surface area contributed by atoms with Crippen LogP contribution in [0.15, 0.2) is 54.7 Å². The number of amides is 1. The Hall–Kier alpha value is -2.64. The molecule has 0 saturated heterocycles. The molecule has 0 aliphatic rings. The minimum atomic E-state index is -4.56. The maximum absolute atomic E-state index is 12.9. The largest absolute Gasteiger partial charge is 0.417 e. The first-order chi connectivity index (χ1) is 15.2. The van der Waals surface area contributed by atoms with Crippen molar-refractivity contribution in [2.45, 2.75) is 38.8 Å². The molecule has 168 valence electrons. The summed E-state index contributed by atoms with van der Waals surface area (Å²) in [4.78, 5) is 17.4. The van der Waals surface area contributed by atoms with E-state index in [2.05, 4.69) is 41.5 Å². The summed E-state index contributed by atoms with van der Waals surface area (Å²) in [6.07, 6.45) is 3.75. The summed E-state index contributed by atoms with van der Waals surface area (Å²) in [5.41, 5.74) is 1.77. The number of aryl methyl sites for hydroxylation is 1. The molecule has 2 aromatic carbocycles. The summed E-state index contributed by atoms with van der Waals surface area (Å²) >= 11 is 6.97. The number of anilines is 1. The number of alkyl halides is 3. The van der Waals surface area contributed by atoms with Crippen LogP contribution in [0, 0.1) is 0 Å². The Bertz CT molecular complexity index is 1090. The summed E-state index contributed by atoms with van der Waals surface area (Å²) in [5.74, 6) is -0.477. The van der Waals surface area contributed by atoms with E-state index >= 15 is 0 Å². The SMILES string of the molecule is CCCCc1ccc(Cc2cnc(NC(=O)/C=C/c3ccc(Cl)c(C(F)(F)F)c3)s2)cc1. The van der Waals surface area contributed by atoms with Gasteiger partial charge in [-0.3, -0.25) is 10.1 Å². The summed E-state index contributed by atoms with van der Waals surface area (Å²) < 4.78 is 38.8. The molecule has 0 spiro atoms. The molecular weight excluding hydrogens is 457 g/mol. The number of carbonyl (C=O) groups excluding carboxylic acids is 1. The van der Waals surface area contributed by atoms with Crippen molar-refractivity contribution in [2.24, 2.45) is 0 Å². The predicted octanol–water partition coefficient (Wildman–Crippen LogP) is 7.40. The molecule has 3 nitrogen and oxygen atoms in total. The van der Waals surface area contributed by atoms with Crippen LogP contribution in [0.1, 0.15) is 46.9 Å². The first kappa shape index (κ1) is 24.0. The van der Waals surface area contributed by atoms with Gasteiger partial charge in [0, 0.05) is 23.6 Å². The third-order valence-corrected chi connectivity index (χ3v) is 5.97. The topological polar surface area (TPSA) is 42.0 Å². The Morgan fingerprint density at radius 1 is 1.16 bits per heavy atom. The number of hydrogen-bond acceptors (Lipinski definition) is 3. The molecule has 0 atom stereocenters. The molecule has 0 aliphatic heterocycles. The number of rotatable bonds is 8. The summed E-state index contributed by atoms with van der Waals surface area (Å²) in [7, 11) is 0. The molecule has 1 heterocycles. The molecule has 3 aromatic rings. The van der Waals surface area contributed by atoms with Gasteiger partial charge in [-0.15, -0.1) is 11.3 Å². The van der Waals surface area contributed by atoms with E-state index < -0.39 is 17.6 Å². The Balaban J connectivity index is 1.58. The number of nitrogens with one attached hydrogen (secondary N) is 1. The van der Waals surface area contributed by atoms with Gasteiger partial charge in [-0.25, -0.2) is 4.98 Å². The highest BCUT2D eigenvalue weighted by atomic mass is 35.5. The molecule has 3 rings (SSSR count). The molecule has 0 saturated carbocycles. The first-order valence-electron chi connectivity index (χ1n) is 10.1. The fourth-order valence-electron chi connectivity index (χ4n) is 3.04. The van der Waals surface area contributed by atoms with Crippen LogP contribution < -0.4 is 5.32 Å². The number of halogens is 4. The van der Waals surface area contributed by atoms with Crippen molar-refractivity contribution in [1.29, 1.82) is 0 Å². The Morgan fingerprint density at radius 3 is 2.56 bits per heavy atom. The van der Waals surface area contributed by atoms with Crippen molar-refractivity contribution >= 4 is 40.1 Å². The van der Waals surface area contributed by atoms with Gasteiger partial charge in [0.05, 0.1) is 10.6 Å². The molecule has 32 heavy (non-hydrogen) atoms. The lowest BCUT2D eigenvalue weighted by atomic mass is 10.0. The van der Waals surface area contributed by atoms with Crippen LogP contribution in [0.4, 0.5) is 18.3 Å². The molecule has 0 unspecified atom stereocenters. The molecule has 0 radical (unpaired) electrons. The van der Waals surface area contributed by atoms with E-state index in [0.29, 0.717) is 11.6 Å². The van der Waals surface area contributed by atoms with Crippen LogP contribution in [0.5, 0.6) is 0 Å². The molecule has 1 amide bonds. The third kappa shape index (κ3) is 6.93. The number of unbranched alkanes of at least 4 members (excludes halogenated alkanes) is 1. The number of hydrogen-bond donors (Lipinski definition) is 1. The zero-order valence-corrected chi connectivity index (χ0v) is 18.9. The van der Waals surface area contributed by atoms with Crippen molar-refractivity contribution in [1.82, 2.24) is 4.98 Å². The number of thiazole rings is 1. The lowest BCUT2D eigenvalue weighted by molar-refractivity contribution is -0.137. The van der Waals surface area contributed by atoms with Gasteiger partial charge >= 0.3 is 6.18 Å². The number of nitrogens with zero attached hydrogens (tertiary/aromatic N) is 1. The van der Waals surface area contributed by atoms with Crippen LogP contribution >= 0.6 is 22.9 Å². The highest BCUT2D eigenvalue weighted by Gasteiger charge is 2.33. The summed E-state index contributed by atoms with van der Waals surface area (Å²) in [6, 6.07) is 12.0. The smallest absolute Gasteiger partial charge is 0.298 e. The normalized spacial score (nSPS) is 11.8. The van der Waals surface area contributed by atoms with E-state index in [9.17, 15) is 18.0 Å². The van der Waals surface area contributed by atoms with Gasteiger partial charge in [0.1, 0.15) is 0 Å². The van der Waals surface area contributed by atoms with Crippen molar-refractivity contribution in [2.75, 3.05) is 5.32 Å². The third-order valence-electron chi connectivity index (χ3n) is 4.73. The maximum Gasteiger partial charge on any atom is 0.417 e. The van der Waals surface area contributed by atoms with Crippen LogP contribution in [-0.4, -0.2) is 10.9 Å². The maximum atomic E-state index is 12.9. The molecule has 1 N–H and O–H groups in total. The van der Waals surface area contributed by atoms with Crippen molar-refractivity contribution in [3.05, 3.63) is 86.9 Å². The van der Waals surface area contributed by atoms with Crippen LogP contribution in [0.3, 0.4) is 0 Å². The monoisotopic (exact) mass is 478 g/mol. The van der Waals surface area contributed by atoms with Crippen LogP contribution in [0.2, 0.25) is 5.02 Å². The summed E-state index contributed by atoms with van der Waals surface area (Å²) in [6.45, 7) is 2.17. The zero-order valence-electron chi connectivity index (χ0n) is 17.4. The van der Waals surface area contributed by atoms with E-state index in [1.54, 1.807) is 6.20 Å². The van der Waals surface area contributed by atoms with E-state index in [1.807, 2.05) is 0 Å². The molecule has 0 fully saturated rings. The first-order valence-corrected chi connectivity index (χ1v) is 11.3. The van der Waals surface area contributed by atoms with Crippen molar-refractivity contribution in [3.63, 3.8) is 0 Å². The molecular formula is C24H22ClF3N2OS. The van der Waals surface area contributed by atoms with Gasteiger partial charge in [-0.05, 0) is 47.7 Å². The number of benzene rings is 2. The zero-order chi connectivity index (χ0) is 23.1. The fraction of sp³-hybridized carbons (Fsp3) is 0.250. The molecule has 0 aliphatic carbocycles. The van der Waals surface area contributed by atoms with Gasteiger partial charge in [0.2, 0.25) is 5.91 Å². The predicted molar refractivity (Wildman–Crippen MR) is 124 cm³/mol. The fourth-order valence-corrected chi connectivity index (χ4v) is 4.11. The average Bonchev–Trinajstić information content (AvgIpc) is 3.18. The lowest BCUT2D eigenvalue weighted by Crippen LogP contribution is -2.07. The van der Waals surface area contributed by atoms with E-state index in [1.165, 1.54) is 48.0 Å². The van der Waals surface area contributed by atoms with E-state index in [0.717, 1.165) is 29.0 Å². The van der Waals surface area contributed by atoms with Gasteiger partial charge < -0.3 is 0 Å². The molecule has 1 aromatic heterocycles. The Kier molecular flexibility index (Phi) is 8.10. The van der Waals surface area contributed by atoms with Crippen LogP contribution in [-0.2, 0) is 23.8 Å². The minimum absolute atomic E-state index is 0.221. The second-order valence-corrected chi connectivity index (χ2v) is 8.81. The number of carbonyl (C=O) groups is 1. The van der Waals surface area contributed by atoms with Gasteiger partial charge in [-0.1, -0.05) is 55.3 Å². The van der Waals surface area contributed by atoms with Gasteiger partial charge in [0.15, 0.2) is 5.13 Å². The Labute approximate surface area is 194 Å². The van der Waals surface area contributed by atoms with Crippen LogP contribution in [0.25, 0.3) is 6.08 Å². The summed E-state index contributed by atoms with van der Waals surface area (Å²) in [5, 5.41) is 2.69. The van der Waals surface area contributed by atoms with E-state index in [4.69, 9.17) is 11.6 Å². The van der Waals surface area contributed by atoms with Crippen molar-refractivity contribution in [3.8, 4) is 0 Å².